The van der Waals surface area contributed by atoms with Gasteiger partial charge >= 0.3 is 0 Å². The number of nitrogens with one attached hydrogen (secondary N) is 2. The highest BCUT2D eigenvalue weighted by atomic mass is 35.5. The molecule has 6 rings (SSSR count). The topological polar surface area (TPSA) is 127 Å². The van der Waals surface area contributed by atoms with Gasteiger partial charge in [-0.3, -0.25) is 14.6 Å². The van der Waals surface area contributed by atoms with Crippen molar-refractivity contribution in [3.63, 3.8) is 0 Å². The van der Waals surface area contributed by atoms with Crippen LogP contribution in [-0.2, 0) is 4.79 Å². The summed E-state index contributed by atoms with van der Waals surface area (Å²) in [6.45, 7) is 2.27. The van der Waals surface area contributed by atoms with Crippen molar-refractivity contribution in [3.05, 3.63) is 95.0 Å². The van der Waals surface area contributed by atoms with Crippen molar-refractivity contribution in [3.8, 4) is 22.6 Å². The molecule has 1 aromatic heterocycles. The molecule has 1 saturated heterocycles. The van der Waals surface area contributed by atoms with Crippen molar-refractivity contribution in [2.45, 2.75) is 18.6 Å². The van der Waals surface area contributed by atoms with E-state index in [9.17, 15) is 14.0 Å². The van der Waals surface area contributed by atoms with Gasteiger partial charge in [-0.1, -0.05) is 35.9 Å². The summed E-state index contributed by atoms with van der Waals surface area (Å²) < 4.78 is 21.4. The first-order valence-electron chi connectivity index (χ1n) is 14.3. The number of fused-ring (bicyclic) bond motifs is 6. The van der Waals surface area contributed by atoms with E-state index in [1.807, 2.05) is 42.5 Å². The van der Waals surface area contributed by atoms with Gasteiger partial charge in [0.15, 0.2) is 0 Å². The van der Waals surface area contributed by atoms with Crippen LogP contribution in [0.3, 0.4) is 0 Å². The molecule has 2 aliphatic heterocycles. The molecule has 12 heteroatoms. The lowest BCUT2D eigenvalue weighted by molar-refractivity contribution is -0.124. The average Bonchev–Trinajstić information content (AvgIpc) is 3.66. The minimum atomic E-state index is -0.752. The number of halogens is 2. The number of nitrogen functional groups attached to an aromatic ring is 1. The Hall–Kier alpha value is -4.74. The van der Waals surface area contributed by atoms with Crippen molar-refractivity contribution < 1.29 is 18.7 Å². The standard InChI is InChI=1S/C32H31ClFN7O3/c33-27-14-22(34)7-8-29(27)41-18-21(16-39-41)32(43)40-19-24-15-30(40)31(42)38-12-11-36-9-10-37-17-26-25(5-2-6-28(26)35)20-3-1-4-23(13-20)44-24/h1-8,13-14,16-18,24,30,36H,9-12,15,19,35H2,(H,38,42). The van der Waals surface area contributed by atoms with Crippen LogP contribution in [0.2, 0.25) is 5.02 Å². The van der Waals surface area contributed by atoms with E-state index in [1.165, 1.54) is 40.2 Å². The Morgan fingerprint density at radius 1 is 1.09 bits per heavy atom. The predicted molar refractivity (Wildman–Crippen MR) is 167 cm³/mol. The molecular weight excluding hydrogens is 585 g/mol. The lowest BCUT2D eigenvalue weighted by Crippen LogP contribution is -2.47. The largest absolute Gasteiger partial charge is 0.488 e. The van der Waals surface area contributed by atoms with Crippen molar-refractivity contribution in [2.75, 3.05) is 38.5 Å². The maximum absolute atomic E-state index is 13.8. The van der Waals surface area contributed by atoms with Crippen molar-refractivity contribution >= 4 is 35.3 Å². The predicted octanol–water partition coefficient (Wildman–Crippen LogP) is 3.71. The molecule has 10 nitrogen and oxygen atoms in total. The number of ether oxygens (including phenoxy) is 1. The number of anilines is 1. The molecule has 2 atom stereocenters. The van der Waals surface area contributed by atoms with Crippen LogP contribution in [0.1, 0.15) is 22.3 Å². The number of nitrogens with two attached hydrogens (primary N) is 1. The molecule has 0 spiro atoms. The summed E-state index contributed by atoms with van der Waals surface area (Å²) in [7, 11) is 0. The minimum absolute atomic E-state index is 0.155. The third kappa shape index (κ3) is 6.29. The Labute approximate surface area is 258 Å². The van der Waals surface area contributed by atoms with Gasteiger partial charge in [0.1, 0.15) is 23.7 Å². The maximum Gasteiger partial charge on any atom is 0.257 e. The fourth-order valence-corrected chi connectivity index (χ4v) is 5.73. The molecular formula is C32H31ClFN7O3. The van der Waals surface area contributed by atoms with Crippen LogP contribution in [0.5, 0.6) is 5.75 Å². The molecule has 3 heterocycles. The van der Waals surface area contributed by atoms with Crippen molar-refractivity contribution in [1.82, 2.24) is 25.3 Å². The number of likely N-dealkylation sites (tertiary alicyclic amines) is 1. The summed E-state index contributed by atoms with van der Waals surface area (Å²) in [5.74, 6) is -0.512. The third-order valence-corrected chi connectivity index (χ3v) is 7.94. The molecule has 2 unspecified atom stereocenters. The number of amides is 2. The fraction of sp³-hybridized carbons (Fsp3) is 0.250. The highest BCUT2D eigenvalue weighted by Crippen LogP contribution is 2.31. The molecule has 1 fully saturated rings. The molecule has 4 aromatic rings. The SMILES string of the molecule is Nc1cccc2c1C=NCCNCCNC(=O)C1CC(CN1C(=O)c1cnn(-c3ccc(F)cc3Cl)c1)Oc1cccc-2c1. The first-order chi connectivity index (χ1) is 21.4. The van der Waals surface area contributed by atoms with Gasteiger partial charge in [-0.2, -0.15) is 5.10 Å². The number of nitrogens with zero attached hydrogens (tertiary/aromatic N) is 4. The molecule has 0 radical (unpaired) electrons. The van der Waals surface area contributed by atoms with Crippen LogP contribution in [-0.4, -0.2) is 77.6 Å². The van der Waals surface area contributed by atoms with E-state index < -0.39 is 18.0 Å². The highest BCUT2D eigenvalue weighted by Gasteiger charge is 2.41. The van der Waals surface area contributed by atoms with Crippen LogP contribution in [0.25, 0.3) is 16.8 Å². The number of benzene rings is 3. The second kappa shape index (κ2) is 12.9. The Balaban J connectivity index is 1.29. The number of aromatic nitrogens is 2. The molecule has 2 amide bonds. The lowest BCUT2D eigenvalue weighted by Gasteiger charge is -2.23. The van der Waals surface area contributed by atoms with Gasteiger partial charge in [0.25, 0.3) is 5.91 Å². The second-order valence-corrected chi connectivity index (χ2v) is 11.0. The number of carbonyl (C=O) groups is 2. The van der Waals surface area contributed by atoms with E-state index in [4.69, 9.17) is 22.1 Å². The molecule has 44 heavy (non-hydrogen) atoms. The number of hydrogen-bond donors (Lipinski definition) is 3. The summed E-state index contributed by atoms with van der Waals surface area (Å²) in [6.07, 6.45) is 4.59. The Bertz CT molecular complexity index is 1730. The quantitative estimate of drug-likeness (QED) is 0.295. The normalized spacial score (nSPS) is 19.0. The van der Waals surface area contributed by atoms with E-state index in [0.29, 0.717) is 49.7 Å². The minimum Gasteiger partial charge on any atom is -0.488 e. The van der Waals surface area contributed by atoms with E-state index in [-0.39, 0.29) is 28.9 Å². The van der Waals surface area contributed by atoms with Crippen LogP contribution in [0.15, 0.2) is 78.0 Å². The molecule has 226 valence electrons. The van der Waals surface area contributed by atoms with E-state index in [2.05, 4.69) is 20.7 Å². The average molecular weight is 616 g/mol. The number of rotatable bonds is 2. The van der Waals surface area contributed by atoms with Crippen molar-refractivity contribution in [2.24, 2.45) is 4.99 Å². The zero-order chi connectivity index (χ0) is 30.6. The molecule has 0 aliphatic carbocycles. The van der Waals surface area contributed by atoms with Gasteiger partial charge in [-0.25, -0.2) is 9.07 Å². The summed E-state index contributed by atoms with van der Waals surface area (Å²) in [4.78, 5) is 33.2. The lowest BCUT2D eigenvalue weighted by atomic mass is 9.98. The summed E-state index contributed by atoms with van der Waals surface area (Å²) in [5.41, 5.74) is 10.3. The van der Waals surface area contributed by atoms with Gasteiger partial charge in [0.05, 0.1) is 35.6 Å². The highest BCUT2D eigenvalue weighted by molar-refractivity contribution is 6.32. The zero-order valence-electron chi connectivity index (χ0n) is 23.7. The summed E-state index contributed by atoms with van der Waals surface area (Å²) in [5, 5.41) is 10.6. The van der Waals surface area contributed by atoms with Crippen LogP contribution < -0.4 is 21.1 Å². The maximum atomic E-state index is 13.8. The summed E-state index contributed by atoms with van der Waals surface area (Å²) in [6, 6.07) is 16.6. The number of carbonyl (C=O) groups excluding carboxylic acids is 2. The van der Waals surface area contributed by atoms with E-state index in [0.717, 1.165) is 16.7 Å². The van der Waals surface area contributed by atoms with Gasteiger partial charge in [0, 0.05) is 49.7 Å². The van der Waals surface area contributed by atoms with Crippen molar-refractivity contribution in [1.29, 1.82) is 0 Å². The van der Waals surface area contributed by atoms with Gasteiger partial charge in [-0.15, -0.1) is 0 Å². The Morgan fingerprint density at radius 3 is 2.82 bits per heavy atom. The molecule has 3 aromatic carbocycles. The van der Waals surface area contributed by atoms with Crippen LogP contribution >= 0.6 is 11.6 Å². The van der Waals surface area contributed by atoms with Crippen LogP contribution in [0, 0.1) is 5.82 Å². The van der Waals surface area contributed by atoms with Gasteiger partial charge in [0.2, 0.25) is 5.91 Å². The first-order valence-corrected chi connectivity index (χ1v) is 14.7. The van der Waals surface area contributed by atoms with Gasteiger partial charge in [-0.05, 0) is 47.5 Å². The first kappa shape index (κ1) is 29.3. The summed E-state index contributed by atoms with van der Waals surface area (Å²) >= 11 is 6.21. The Kier molecular flexibility index (Phi) is 8.58. The van der Waals surface area contributed by atoms with E-state index >= 15 is 0 Å². The Morgan fingerprint density at radius 2 is 1.95 bits per heavy atom. The molecule has 4 N–H and O–H groups in total. The fourth-order valence-electron chi connectivity index (χ4n) is 5.48. The van der Waals surface area contributed by atoms with Gasteiger partial charge < -0.3 is 26.0 Å². The second-order valence-electron chi connectivity index (χ2n) is 10.6. The molecule has 4 bridgehead atoms. The zero-order valence-corrected chi connectivity index (χ0v) is 24.5. The van der Waals surface area contributed by atoms with Crippen LogP contribution in [0.4, 0.5) is 10.1 Å². The molecule has 2 aliphatic rings. The third-order valence-electron chi connectivity index (χ3n) is 7.64. The monoisotopic (exact) mass is 615 g/mol. The molecule has 0 saturated carbocycles. The number of hydrogen-bond acceptors (Lipinski definition) is 7. The number of aliphatic imine (C=N–C) groups is 1. The smallest absolute Gasteiger partial charge is 0.257 e. The van der Waals surface area contributed by atoms with E-state index in [1.54, 1.807) is 6.21 Å².